The predicted octanol–water partition coefficient (Wildman–Crippen LogP) is 4.47. The number of aromatic nitrogens is 5. The molecule has 4 heterocycles. The predicted molar refractivity (Wildman–Crippen MR) is 175 cm³/mol. The fourth-order valence-corrected chi connectivity index (χ4v) is 4.72. The first-order valence-electron chi connectivity index (χ1n) is 14.5. The fourth-order valence-electron chi connectivity index (χ4n) is 4.72. The van der Waals surface area contributed by atoms with E-state index in [1.54, 1.807) is 24.6 Å². The lowest BCUT2D eigenvalue weighted by Crippen LogP contribution is -2.30. The molecule has 0 aliphatic rings. The number of hydrogen-bond acceptors (Lipinski definition) is 11. The quantitative estimate of drug-likeness (QED) is 0.131. The number of aliphatic hydroxyl groups excluding tert-OH is 1. The van der Waals surface area contributed by atoms with Crippen LogP contribution in [0.25, 0.3) is 33.6 Å². The van der Waals surface area contributed by atoms with Crippen molar-refractivity contribution in [3.8, 4) is 28.5 Å². The third-order valence-electron chi connectivity index (χ3n) is 7.06. The molecule has 5 rings (SSSR count). The number of aryl methyl sites for hydroxylation is 1. The lowest BCUT2D eigenvalue weighted by molar-refractivity contribution is -0.111. The molecule has 0 bridgehead atoms. The van der Waals surface area contributed by atoms with E-state index >= 15 is 0 Å². The van der Waals surface area contributed by atoms with Gasteiger partial charge in [-0.25, -0.2) is 15.0 Å². The van der Waals surface area contributed by atoms with E-state index in [-0.39, 0.29) is 18.5 Å². The second-order valence-corrected chi connectivity index (χ2v) is 10.6. The van der Waals surface area contributed by atoms with Crippen LogP contribution < -0.4 is 20.3 Å². The standard InChI is InChI=1S/C32H37N9O4/c1-6-27(43)34-23-19-24(31(44-5)39-30(23)41(4)15-14-40(2)3)36-32-33-13-11-22(35-32)29-28(37-26(38-29)8-7-16-42)21-10-9-20-12-17-45-25(20)18-21/h6,9-13,17-19,42H,1,7-8,14-16H2,2-5H3,(H,34,43)(H,37,38)(H,33,35,36). The van der Waals surface area contributed by atoms with E-state index in [1.165, 1.54) is 13.2 Å². The topological polar surface area (TPSA) is 158 Å². The molecule has 1 amide bonds. The van der Waals surface area contributed by atoms with Crippen LogP contribution in [0.2, 0.25) is 0 Å². The number of methoxy groups -OCH3 is 1. The molecule has 0 saturated carbocycles. The first-order chi connectivity index (χ1) is 21.8. The molecule has 0 aliphatic heterocycles. The Morgan fingerprint density at radius 2 is 1.96 bits per heavy atom. The number of rotatable bonds is 14. The molecule has 0 atom stereocenters. The monoisotopic (exact) mass is 611 g/mol. The summed E-state index contributed by atoms with van der Waals surface area (Å²) in [6, 6.07) is 11.3. The average Bonchev–Trinajstić information content (AvgIpc) is 3.70. The third-order valence-corrected chi connectivity index (χ3v) is 7.06. The number of nitrogens with zero attached hydrogens (tertiary/aromatic N) is 6. The normalized spacial score (nSPS) is 11.2. The zero-order chi connectivity index (χ0) is 31.9. The van der Waals surface area contributed by atoms with E-state index in [4.69, 9.17) is 24.1 Å². The minimum absolute atomic E-state index is 0.0562. The number of fused-ring (bicyclic) bond motifs is 1. The highest BCUT2D eigenvalue weighted by atomic mass is 16.5. The van der Waals surface area contributed by atoms with Crippen molar-refractivity contribution in [3.63, 3.8) is 0 Å². The summed E-state index contributed by atoms with van der Waals surface area (Å²) >= 11 is 0. The highest BCUT2D eigenvalue weighted by molar-refractivity contribution is 6.01. The van der Waals surface area contributed by atoms with Crippen molar-refractivity contribution in [1.29, 1.82) is 0 Å². The third kappa shape index (κ3) is 7.28. The van der Waals surface area contributed by atoms with Gasteiger partial charge in [-0.3, -0.25) is 4.79 Å². The number of furan rings is 1. The SMILES string of the molecule is C=CC(=O)Nc1cc(Nc2nccc(-c3[nH]c(CCCO)nc3-c3ccc4ccoc4c3)n2)c(OC)nc1N(C)CCN(C)C. The molecule has 234 valence electrons. The van der Waals surface area contributed by atoms with E-state index in [0.29, 0.717) is 59.5 Å². The fraction of sp³-hybridized carbons (Fsp3) is 0.281. The van der Waals surface area contributed by atoms with E-state index in [1.807, 2.05) is 50.3 Å². The minimum atomic E-state index is -0.370. The van der Waals surface area contributed by atoms with Gasteiger partial charge in [-0.2, -0.15) is 4.98 Å². The van der Waals surface area contributed by atoms with Gasteiger partial charge in [0.25, 0.3) is 0 Å². The Hall–Kier alpha value is -5.27. The van der Waals surface area contributed by atoms with Crippen molar-refractivity contribution in [2.24, 2.45) is 0 Å². The molecular weight excluding hydrogens is 574 g/mol. The molecule has 0 fully saturated rings. The number of anilines is 4. The number of aliphatic hydroxyl groups is 1. The lowest BCUT2D eigenvalue weighted by atomic mass is 10.1. The summed E-state index contributed by atoms with van der Waals surface area (Å²) in [6.45, 7) is 5.07. The summed E-state index contributed by atoms with van der Waals surface area (Å²) in [5.41, 5.74) is 4.52. The Kier molecular flexibility index (Phi) is 9.70. The molecule has 45 heavy (non-hydrogen) atoms. The molecular formula is C32H37N9O4. The smallest absolute Gasteiger partial charge is 0.247 e. The van der Waals surface area contributed by atoms with Crippen LogP contribution in [0.15, 0.2) is 65.9 Å². The van der Waals surface area contributed by atoms with Gasteiger partial charge >= 0.3 is 0 Å². The van der Waals surface area contributed by atoms with E-state index in [0.717, 1.165) is 28.9 Å². The largest absolute Gasteiger partial charge is 0.479 e. The first-order valence-corrected chi connectivity index (χ1v) is 14.5. The number of hydrogen-bond donors (Lipinski definition) is 4. The Morgan fingerprint density at radius 1 is 1.11 bits per heavy atom. The summed E-state index contributed by atoms with van der Waals surface area (Å²) in [5, 5.41) is 16.4. The van der Waals surface area contributed by atoms with Crippen LogP contribution in [0.4, 0.5) is 23.1 Å². The summed E-state index contributed by atoms with van der Waals surface area (Å²) in [6.07, 6.45) is 5.63. The first kappa shape index (κ1) is 31.2. The van der Waals surface area contributed by atoms with Crippen LogP contribution >= 0.6 is 0 Å². The Bertz CT molecular complexity index is 1800. The molecule has 5 aromatic rings. The molecule has 4 aromatic heterocycles. The molecule has 1 aromatic carbocycles. The van der Waals surface area contributed by atoms with Crippen molar-refractivity contribution >= 4 is 40.0 Å². The minimum Gasteiger partial charge on any atom is -0.479 e. The zero-order valence-corrected chi connectivity index (χ0v) is 25.8. The van der Waals surface area contributed by atoms with Gasteiger partial charge in [0.15, 0.2) is 5.82 Å². The Balaban J connectivity index is 1.51. The number of carbonyl (C=O) groups excluding carboxylic acids is 1. The van der Waals surface area contributed by atoms with Crippen LogP contribution in [0.5, 0.6) is 5.88 Å². The number of imidazole rings is 1. The summed E-state index contributed by atoms with van der Waals surface area (Å²) < 4.78 is 11.3. The van der Waals surface area contributed by atoms with Gasteiger partial charge in [-0.05, 0) is 50.9 Å². The zero-order valence-electron chi connectivity index (χ0n) is 25.8. The van der Waals surface area contributed by atoms with Gasteiger partial charge in [0.2, 0.25) is 17.7 Å². The van der Waals surface area contributed by atoms with Gasteiger partial charge in [-0.1, -0.05) is 18.7 Å². The number of carbonyl (C=O) groups is 1. The number of aromatic amines is 1. The van der Waals surface area contributed by atoms with Gasteiger partial charge in [-0.15, -0.1) is 0 Å². The van der Waals surface area contributed by atoms with Crippen molar-refractivity contribution in [3.05, 3.63) is 67.3 Å². The molecule has 13 nitrogen and oxygen atoms in total. The lowest BCUT2D eigenvalue weighted by Gasteiger charge is -2.24. The molecule has 4 N–H and O–H groups in total. The van der Waals surface area contributed by atoms with Crippen LogP contribution in [-0.2, 0) is 11.2 Å². The van der Waals surface area contributed by atoms with Gasteiger partial charge in [0, 0.05) is 50.3 Å². The number of ether oxygens (including phenoxy) is 1. The highest BCUT2D eigenvalue weighted by Gasteiger charge is 2.20. The molecule has 0 radical (unpaired) electrons. The second-order valence-electron chi connectivity index (χ2n) is 10.6. The maximum Gasteiger partial charge on any atom is 0.247 e. The average molecular weight is 612 g/mol. The molecule has 0 aliphatic carbocycles. The second kappa shape index (κ2) is 14.0. The van der Waals surface area contributed by atoms with Gasteiger partial charge in [0.05, 0.1) is 36.1 Å². The number of H-pyrrole nitrogens is 1. The van der Waals surface area contributed by atoms with E-state index in [9.17, 15) is 9.90 Å². The molecule has 0 spiro atoms. The number of nitrogens with one attached hydrogen (secondary N) is 3. The molecule has 0 unspecified atom stereocenters. The molecule has 13 heteroatoms. The maximum atomic E-state index is 12.3. The van der Waals surface area contributed by atoms with Gasteiger partial charge < -0.3 is 39.7 Å². The van der Waals surface area contributed by atoms with Crippen molar-refractivity contribution < 1.29 is 19.1 Å². The number of pyridine rings is 1. The number of likely N-dealkylation sites (N-methyl/N-ethyl adjacent to an activating group) is 2. The number of amides is 1. The van der Waals surface area contributed by atoms with Crippen molar-refractivity contribution in [2.75, 3.05) is 63.5 Å². The van der Waals surface area contributed by atoms with Crippen LogP contribution in [0.3, 0.4) is 0 Å². The van der Waals surface area contributed by atoms with Crippen molar-refractivity contribution in [2.45, 2.75) is 12.8 Å². The van der Waals surface area contributed by atoms with Gasteiger partial charge in [0.1, 0.15) is 17.1 Å². The maximum absolute atomic E-state index is 12.3. The van der Waals surface area contributed by atoms with Crippen molar-refractivity contribution in [1.82, 2.24) is 29.8 Å². The highest BCUT2D eigenvalue weighted by Crippen LogP contribution is 2.36. The Labute approximate surface area is 261 Å². The summed E-state index contributed by atoms with van der Waals surface area (Å²) in [5.74, 6) is 1.47. The van der Waals surface area contributed by atoms with Crippen LogP contribution in [0, 0.1) is 0 Å². The Morgan fingerprint density at radius 3 is 2.71 bits per heavy atom. The van der Waals surface area contributed by atoms with E-state index in [2.05, 4.69) is 32.1 Å². The van der Waals surface area contributed by atoms with Crippen LogP contribution in [0.1, 0.15) is 12.2 Å². The van der Waals surface area contributed by atoms with E-state index < -0.39 is 0 Å². The summed E-state index contributed by atoms with van der Waals surface area (Å²) in [4.78, 5) is 38.5. The summed E-state index contributed by atoms with van der Waals surface area (Å²) in [7, 11) is 7.40. The molecule has 0 saturated heterocycles. The van der Waals surface area contributed by atoms with Crippen LogP contribution in [-0.4, -0.2) is 88.8 Å². The number of benzene rings is 1.